The van der Waals surface area contributed by atoms with Crippen molar-refractivity contribution < 1.29 is 0 Å². The molecule has 2 atom stereocenters. The van der Waals surface area contributed by atoms with E-state index < -0.39 is 0 Å². The molecule has 19 heavy (non-hydrogen) atoms. The Morgan fingerprint density at radius 1 is 1.37 bits per heavy atom. The lowest BCUT2D eigenvalue weighted by molar-refractivity contribution is 0.197. The Labute approximate surface area is 126 Å². The van der Waals surface area contributed by atoms with Gasteiger partial charge in [-0.3, -0.25) is 0 Å². The minimum absolute atomic E-state index is 0.480. The van der Waals surface area contributed by atoms with Gasteiger partial charge in [0.05, 0.1) is 0 Å². The van der Waals surface area contributed by atoms with Crippen LogP contribution in [-0.4, -0.2) is 12.6 Å². The third-order valence-corrected chi connectivity index (χ3v) is 5.46. The first-order chi connectivity index (χ1) is 9.04. The molecule has 1 N–H and O–H groups in total. The van der Waals surface area contributed by atoms with Gasteiger partial charge >= 0.3 is 0 Å². The van der Waals surface area contributed by atoms with Crippen LogP contribution in [0.15, 0.2) is 28.7 Å². The maximum absolute atomic E-state index is 3.74. The molecule has 106 valence electrons. The van der Waals surface area contributed by atoms with Crippen molar-refractivity contribution in [3.63, 3.8) is 0 Å². The molecule has 0 heterocycles. The Morgan fingerprint density at radius 3 is 2.68 bits per heavy atom. The number of hydrogen-bond donors (Lipinski definition) is 1. The van der Waals surface area contributed by atoms with Crippen molar-refractivity contribution in [2.24, 2.45) is 11.3 Å². The smallest absolute Gasteiger partial charge is 0.0207 e. The predicted molar refractivity (Wildman–Crippen MR) is 86.4 cm³/mol. The average molecular weight is 324 g/mol. The monoisotopic (exact) mass is 323 g/mol. The molecule has 0 aliphatic heterocycles. The zero-order chi connectivity index (χ0) is 13.9. The third kappa shape index (κ3) is 3.61. The summed E-state index contributed by atoms with van der Waals surface area (Å²) < 4.78 is 1.24. The molecule has 1 saturated carbocycles. The molecule has 0 radical (unpaired) electrons. The molecule has 1 aliphatic carbocycles. The lowest BCUT2D eigenvalue weighted by Gasteiger charge is -2.35. The van der Waals surface area contributed by atoms with Crippen LogP contribution in [0.5, 0.6) is 0 Å². The Morgan fingerprint density at radius 2 is 2.11 bits per heavy atom. The number of halogens is 1. The molecule has 2 unspecified atom stereocenters. The summed E-state index contributed by atoms with van der Waals surface area (Å²) in [4.78, 5) is 0. The molecule has 0 spiro atoms. The van der Waals surface area contributed by atoms with Gasteiger partial charge in [-0.15, -0.1) is 0 Å². The first-order valence-corrected chi connectivity index (χ1v) is 8.30. The van der Waals surface area contributed by atoms with E-state index in [2.05, 4.69) is 66.3 Å². The first-order valence-electron chi connectivity index (χ1n) is 7.51. The zero-order valence-corrected chi connectivity index (χ0v) is 14.0. The summed E-state index contributed by atoms with van der Waals surface area (Å²) in [5.41, 5.74) is 1.91. The van der Waals surface area contributed by atoms with Gasteiger partial charge in [0, 0.05) is 10.5 Å². The van der Waals surface area contributed by atoms with Gasteiger partial charge in [-0.25, -0.2) is 0 Å². The summed E-state index contributed by atoms with van der Waals surface area (Å²) in [6.07, 6.45) is 5.25. The van der Waals surface area contributed by atoms with Gasteiger partial charge in [-0.2, -0.15) is 0 Å². The molecule has 2 rings (SSSR count). The van der Waals surface area contributed by atoms with E-state index in [0.29, 0.717) is 11.5 Å². The highest BCUT2D eigenvalue weighted by Crippen LogP contribution is 2.45. The van der Waals surface area contributed by atoms with Crippen LogP contribution in [0.1, 0.15) is 45.6 Å². The van der Waals surface area contributed by atoms with E-state index in [1.165, 1.54) is 29.3 Å². The topological polar surface area (TPSA) is 12.0 Å². The van der Waals surface area contributed by atoms with Gasteiger partial charge in [0.1, 0.15) is 0 Å². The van der Waals surface area contributed by atoms with Crippen LogP contribution in [0.4, 0.5) is 0 Å². The van der Waals surface area contributed by atoms with Gasteiger partial charge in [0.15, 0.2) is 0 Å². The molecule has 1 aromatic carbocycles. The highest BCUT2D eigenvalue weighted by molar-refractivity contribution is 9.10. The molecular formula is C17H26BrN. The van der Waals surface area contributed by atoms with Crippen LogP contribution in [0.2, 0.25) is 0 Å². The second-order valence-corrected chi connectivity index (χ2v) is 7.30. The van der Waals surface area contributed by atoms with Gasteiger partial charge < -0.3 is 5.32 Å². The molecule has 0 amide bonds. The van der Waals surface area contributed by atoms with E-state index >= 15 is 0 Å². The van der Waals surface area contributed by atoms with Crippen molar-refractivity contribution in [1.29, 1.82) is 0 Å². The second-order valence-electron chi connectivity index (χ2n) is 6.45. The van der Waals surface area contributed by atoms with E-state index in [4.69, 9.17) is 0 Å². The van der Waals surface area contributed by atoms with Gasteiger partial charge in [-0.1, -0.05) is 61.3 Å². The maximum Gasteiger partial charge on any atom is 0.0207 e. The number of benzene rings is 1. The van der Waals surface area contributed by atoms with Crippen LogP contribution in [-0.2, 0) is 6.42 Å². The number of nitrogens with one attached hydrogen (secondary N) is 1. The summed E-state index contributed by atoms with van der Waals surface area (Å²) in [6, 6.07) is 9.23. The molecule has 1 nitrogen and oxygen atoms in total. The van der Waals surface area contributed by atoms with Crippen LogP contribution < -0.4 is 5.32 Å². The van der Waals surface area contributed by atoms with Gasteiger partial charge in [0.25, 0.3) is 0 Å². The Balaban J connectivity index is 2.15. The molecule has 0 aromatic heterocycles. The predicted octanol–water partition coefficient (Wildman–Crippen LogP) is 4.80. The highest BCUT2D eigenvalue weighted by Gasteiger charge is 2.39. The second kappa shape index (κ2) is 6.41. The SMILES string of the molecule is CCNC(Cc1ccccc1Br)C1CCCC1(C)C. The normalized spacial score (nSPS) is 23.5. The summed E-state index contributed by atoms with van der Waals surface area (Å²) >= 11 is 3.69. The molecule has 0 saturated heterocycles. The largest absolute Gasteiger partial charge is 0.314 e. The molecule has 1 aromatic rings. The summed E-state index contributed by atoms with van der Waals surface area (Å²) in [6.45, 7) is 8.15. The van der Waals surface area contributed by atoms with Crippen molar-refractivity contribution in [2.75, 3.05) is 6.54 Å². The Hall–Kier alpha value is -0.340. The molecule has 0 bridgehead atoms. The molecular weight excluding hydrogens is 298 g/mol. The summed E-state index contributed by atoms with van der Waals surface area (Å²) in [5, 5.41) is 3.74. The minimum Gasteiger partial charge on any atom is -0.314 e. The molecule has 1 fully saturated rings. The van der Waals surface area contributed by atoms with Crippen LogP contribution in [0, 0.1) is 11.3 Å². The molecule has 2 heteroatoms. The van der Waals surface area contributed by atoms with E-state index in [0.717, 1.165) is 18.9 Å². The van der Waals surface area contributed by atoms with E-state index in [1.54, 1.807) is 0 Å². The Bertz CT molecular complexity index is 413. The number of likely N-dealkylation sites (N-methyl/N-ethyl adjacent to an activating group) is 1. The lowest BCUT2D eigenvalue weighted by Crippen LogP contribution is -2.42. The van der Waals surface area contributed by atoms with Crippen molar-refractivity contribution in [3.05, 3.63) is 34.3 Å². The van der Waals surface area contributed by atoms with E-state index in [1.807, 2.05) is 0 Å². The number of hydrogen-bond acceptors (Lipinski definition) is 1. The zero-order valence-electron chi connectivity index (χ0n) is 12.4. The fourth-order valence-electron chi connectivity index (χ4n) is 3.62. The third-order valence-electron chi connectivity index (χ3n) is 4.69. The standard InChI is InChI=1S/C17H26BrN/c1-4-19-16(14-9-7-11-17(14,2)3)12-13-8-5-6-10-15(13)18/h5-6,8,10,14,16,19H,4,7,9,11-12H2,1-3H3. The fourth-order valence-corrected chi connectivity index (χ4v) is 4.07. The van der Waals surface area contributed by atoms with Gasteiger partial charge in [-0.05, 0) is 48.8 Å². The summed E-state index contributed by atoms with van der Waals surface area (Å²) in [7, 11) is 0. The number of rotatable bonds is 5. The first kappa shape index (κ1) is 15.1. The highest BCUT2D eigenvalue weighted by atomic mass is 79.9. The minimum atomic E-state index is 0.480. The summed E-state index contributed by atoms with van der Waals surface area (Å²) in [5.74, 6) is 0.791. The molecule has 1 aliphatic rings. The van der Waals surface area contributed by atoms with Crippen molar-refractivity contribution >= 4 is 15.9 Å². The van der Waals surface area contributed by atoms with E-state index in [-0.39, 0.29) is 0 Å². The van der Waals surface area contributed by atoms with Crippen LogP contribution in [0.25, 0.3) is 0 Å². The van der Waals surface area contributed by atoms with E-state index in [9.17, 15) is 0 Å². The average Bonchev–Trinajstić information content (AvgIpc) is 2.71. The van der Waals surface area contributed by atoms with Crippen LogP contribution in [0.3, 0.4) is 0 Å². The quantitative estimate of drug-likeness (QED) is 0.821. The van der Waals surface area contributed by atoms with Crippen molar-refractivity contribution in [3.8, 4) is 0 Å². The fraction of sp³-hybridized carbons (Fsp3) is 0.647. The van der Waals surface area contributed by atoms with Gasteiger partial charge in [0.2, 0.25) is 0 Å². The Kier molecular flexibility index (Phi) is 5.08. The van der Waals surface area contributed by atoms with Crippen molar-refractivity contribution in [2.45, 2.75) is 52.5 Å². The maximum atomic E-state index is 3.74. The van der Waals surface area contributed by atoms with Crippen LogP contribution >= 0.6 is 15.9 Å². The lowest BCUT2D eigenvalue weighted by atomic mass is 9.76. The van der Waals surface area contributed by atoms with Crippen molar-refractivity contribution in [1.82, 2.24) is 5.32 Å².